The fourth-order valence-corrected chi connectivity index (χ4v) is 4.11. The highest BCUT2D eigenvalue weighted by Crippen LogP contribution is 2.33. The number of amides is 3. The van der Waals surface area contributed by atoms with Crippen molar-refractivity contribution in [3.63, 3.8) is 0 Å². The molecular formula is C24H20F4N4O3. The van der Waals surface area contributed by atoms with Crippen molar-refractivity contribution in [2.45, 2.75) is 25.1 Å². The van der Waals surface area contributed by atoms with Crippen LogP contribution in [0.4, 0.5) is 33.7 Å². The van der Waals surface area contributed by atoms with Crippen molar-refractivity contribution in [2.75, 3.05) is 16.3 Å². The first-order chi connectivity index (χ1) is 16.6. The molecule has 11 heteroatoms. The Balaban J connectivity index is 1.64. The van der Waals surface area contributed by atoms with Crippen LogP contribution in [0.5, 0.6) is 0 Å². The maximum atomic E-state index is 15.1. The number of hydrogen-bond acceptors (Lipinski definition) is 3. The van der Waals surface area contributed by atoms with Gasteiger partial charge in [0.1, 0.15) is 11.9 Å². The lowest BCUT2D eigenvalue weighted by atomic mass is 10.0. The Morgan fingerprint density at radius 2 is 1.74 bits per heavy atom. The van der Waals surface area contributed by atoms with E-state index in [2.05, 4.69) is 0 Å². The molecule has 0 radical (unpaired) electrons. The van der Waals surface area contributed by atoms with Crippen molar-refractivity contribution >= 4 is 23.3 Å². The highest BCUT2D eigenvalue weighted by Gasteiger charge is 2.38. The molecule has 1 atom stereocenters. The third-order valence-corrected chi connectivity index (χ3v) is 5.75. The molecular weight excluding hydrogens is 468 g/mol. The zero-order valence-corrected chi connectivity index (χ0v) is 18.2. The molecule has 0 spiro atoms. The molecule has 4 rings (SSSR count). The molecule has 0 saturated carbocycles. The lowest BCUT2D eigenvalue weighted by molar-refractivity contribution is -0.137. The Hall–Kier alpha value is -4.15. The minimum atomic E-state index is -4.57. The van der Waals surface area contributed by atoms with Gasteiger partial charge in [-0.25, -0.2) is 9.18 Å². The van der Waals surface area contributed by atoms with E-state index in [1.54, 1.807) is 12.1 Å². The molecule has 1 saturated heterocycles. The third kappa shape index (κ3) is 4.75. The maximum absolute atomic E-state index is 15.1. The molecule has 3 aromatic rings. The second-order valence-electron chi connectivity index (χ2n) is 7.95. The number of primary amides is 1. The van der Waals surface area contributed by atoms with Crippen molar-refractivity contribution in [3.05, 3.63) is 88.6 Å². The van der Waals surface area contributed by atoms with Crippen molar-refractivity contribution in [3.8, 4) is 5.69 Å². The molecule has 1 fully saturated rings. The molecule has 1 aliphatic heterocycles. The van der Waals surface area contributed by atoms with E-state index in [9.17, 15) is 27.6 Å². The maximum Gasteiger partial charge on any atom is 0.416 e. The molecule has 0 aliphatic carbocycles. The van der Waals surface area contributed by atoms with Crippen molar-refractivity contribution < 1.29 is 27.2 Å². The number of nitrogens with zero attached hydrogens (tertiary/aromatic N) is 3. The van der Waals surface area contributed by atoms with Gasteiger partial charge in [0.25, 0.3) is 5.56 Å². The molecule has 2 heterocycles. The quantitative estimate of drug-likeness (QED) is 0.562. The van der Waals surface area contributed by atoms with Gasteiger partial charge in [-0.3, -0.25) is 19.1 Å². The Bertz CT molecular complexity index is 1320. The number of pyridine rings is 1. The van der Waals surface area contributed by atoms with E-state index in [-0.39, 0.29) is 35.6 Å². The van der Waals surface area contributed by atoms with Gasteiger partial charge >= 0.3 is 12.2 Å². The van der Waals surface area contributed by atoms with Crippen LogP contribution in [0.1, 0.15) is 18.4 Å². The predicted octanol–water partition coefficient (Wildman–Crippen LogP) is 4.08. The average Bonchev–Trinajstić information content (AvgIpc) is 2.80. The van der Waals surface area contributed by atoms with Crippen LogP contribution in [0.15, 0.2) is 71.7 Å². The first kappa shape index (κ1) is 24.0. The van der Waals surface area contributed by atoms with E-state index >= 15 is 4.39 Å². The van der Waals surface area contributed by atoms with Crippen molar-refractivity contribution in [1.82, 2.24) is 4.57 Å². The van der Waals surface area contributed by atoms with Crippen LogP contribution >= 0.6 is 0 Å². The van der Waals surface area contributed by atoms with E-state index in [0.717, 1.165) is 35.2 Å². The van der Waals surface area contributed by atoms with Gasteiger partial charge in [0.05, 0.1) is 16.9 Å². The van der Waals surface area contributed by atoms with Crippen LogP contribution in [0.2, 0.25) is 0 Å². The number of carbonyl (C=O) groups is 2. The minimum Gasteiger partial charge on any atom is -0.351 e. The predicted molar refractivity (Wildman–Crippen MR) is 121 cm³/mol. The van der Waals surface area contributed by atoms with Gasteiger partial charge in [0, 0.05) is 30.6 Å². The molecule has 1 aliphatic rings. The second kappa shape index (κ2) is 9.24. The molecule has 3 amide bonds. The lowest BCUT2D eigenvalue weighted by Crippen LogP contribution is -2.56. The normalized spacial score (nSPS) is 16.3. The highest BCUT2D eigenvalue weighted by molar-refractivity contribution is 6.05. The zero-order valence-electron chi connectivity index (χ0n) is 18.2. The van der Waals surface area contributed by atoms with E-state index in [1.807, 2.05) is 0 Å². The zero-order chi connectivity index (χ0) is 25.3. The fourth-order valence-electron chi connectivity index (χ4n) is 4.11. The summed E-state index contributed by atoms with van der Waals surface area (Å²) in [4.78, 5) is 39.6. The van der Waals surface area contributed by atoms with Crippen LogP contribution in [0.25, 0.3) is 5.69 Å². The van der Waals surface area contributed by atoms with Gasteiger partial charge in [-0.15, -0.1) is 0 Å². The summed E-state index contributed by atoms with van der Waals surface area (Å²) in [5.74, 6) is -1.38. The summed E-state index contributed by atoms with van der Waals surface area (Å²) in [5.41, 5.74) is 4.44. The number of alkyl halides is 3. The summed E-state index contributed by atoms with van der Waals surface area (Å²) in [5, 5.41) is 0. The molecule has 7 nitrogen and oxygen atoms in total. The smallest absolute Gasteiger partial charge is 0.351 e. The lowest BCUT2D eigenvalue weighted by Gasteiger charge is -2.38. The van der Waals surface area contributed by atoms with Gasteiger partial charge in [-0.2, -0.15) is 13.2 Å². The van der Waals surface area contributed by atoms with E-state index in [0.29, 0.717) is 6.42 Å². The van der Waals surface area contributed by atoms with Gasteiger partial charge in [-0.1, -0.05) is 6.07 Å². The molecule has 35 heavy (non-hydrogen) atoms. The topological polar surface area (TPSA) is 88.6 Å². The van der Waals surface area contributed by atoms with E-state index in [1.165, 1.54) is 33.9 Å². The Morgan fingerprint density at radius 3 is 2.34 bits per heavy atom. The van der Waals surface area contributed by atoms with Gasteiger partial charge in [-0.05, 0) is 55.3 Å². The number of piperidine rings is 1. The summed E-state index contributed by atoms with van der Waals surface area (Å²) >= 11 is 0. The number of rotatable bonds is 4. The van der Waals surface area contributed by atoms with Crippen molar-refractivity contribution in [1.29, 1.82) is 0 Å². The number of halogens is 4. The first-order valence-electron chi connectivity index (χ1n) is 10.6. The van der Waals surface area contributed by atoms with Crippen LogP contribution in [-0.2, 0) is 11.0 Å². The monoisotopic (exact) mass is 488 g/mol. The van der Waals surface area contributed by atoms with Crippen LogP contribution in [-0.4, -0.2) is 29.1 Å². The molecule has 0 bridgehead atoms. The standard InChI is InChI=1S/C24H20F4N4O3/c25-18-14-17(30-12-2-1-5-21(30)33)10-11-19(18)31-13-3-4-20(22(31)34)32(23(29)35)16-8-6-15(7-9-16)24(26,27)28/h1-2,5-12,14,20H,3-4,13H2,(H2,29,35). The number of urea groups is 1. The molecule has 2 aromatic carbocycles. The second-order valence-corrected chi connectivity index (χ2v) is 7.95. The Morgan fingerprint density at radius 1 is 1.03 bits per heavy atom. The summed E-state index contributed by atoms with van der Waals surface area (Å²) in [6, 6.07) is 10.0. The summed E-state index contributed by atoms with van der Waals surface area (Å²) in [6.45, 7) is 0.163. The Kier molecular flexibility index (Phi) is 6.33. The van der Waals surface area contributed by atoms with Crippen LogP contribution < -0.4 is 21.1 Å². The van der Waals surface area contributed by atoms with Gasteiger partial charge in [0.2, 0.25) is 5.91 Å². The van der Waals surface area contributed by atoms with Crippen molar-refractivity contribution in [2.24, 2.45) is 5.73 Å². The SMILES string of the molecule is NC(=O)N(c1ccc(C(F)(F)F)cc1)C1CCCN(c2ccc(-n3ccccc3=O)cc2F)C1=O. The number of aromatic nitrogens is 1. The van der Waals surface area contributed by atoms with E-state index in [4.69, 9.17) is 5.73 Å². The third-order valence-electron chi connectivity index (χ3n) is 5.75. The Labute approximate surface area is 197 Å². The summed E-state index contributed by atoms with van der Waals surface area (Å²) in [6.07, 6.45) is -2.51. The number of anilines is 2. The fraction of sp³-hybridized carbons (Fsp3) is 0.208. The number of nitrogens with two attached hydrogens (primary N) is 1. The summed E-state index contributed by atoms with van der Waals surface area (Å²) in [7, 11) is 0. The van der Waals surface area contributed by atoms with Crippen LogP contribution in [0.3, 0.4) is 0 Å². The van der Waals surface area contributed by atoms with Gasteiger partial charge in [0.15, 0.2) is 0 Å². The van der Waals surface area contributed by atoms with Gasteiger partial charge < -0.3 is 10.6 Å². The molecule has 182 valence electrons. The average molecular weight is 488 g/mol. The molecule has 1 unspecified atom stereocenters. The van der Waals surface area contributed by atoms with Crippen LogP contribution in [0, 0.1) is 5.82 Å². The molecule has 2 N–H and O–H groups in total. The van der Waals surface area contributed by atoms with E-state index < -0.39 is 35.5 Å². The number of hydrogen-bond donors (Lipinski definition) is 1. The largest absolute Gasteiger partial charge is 0.416 e. The minimum absolute atomic E-state index is 0.0185. The summed E-state index contributed by atoms with van der Waals surface area (Å²) < 4.78 is 55.0. The number of benzene rings is 2. The highest BCUT2D eigenvalue weighted by atomic mass is 19.4. The first-order valence-corrected chi connectivity index (χ1v) is 10.6. The number of carbonyl (C=O) groups excluding carboxylic acids is 2. The molecule has 1 aromatic heterocycles.